The van der Waals surface area contributed by atoms with E-state index in [1.807, 2.05) is 97.2 Å². The van der Waals surface area contributed by atoms with Gasteiger partial charge in [-0.2, -0.15) is 0 Å². The van der Waals surface area contributed by atoms with Gasteiger partial charge in [0.15, 0.2) is 0 Å². The molecule has 0 spiro atoms. The number of imidazole rings is 1. The third-order valence-electron chi connectivity index (χ3n) is 11.2. The minimum absolute atomic E-state index is 0.129. The first-order valence-electron chi connectivity index (χ1n) is 25.8. The average molecular weight is 823 g/mol. The highest BCUT2D eigenvalue weighted by Crippen LogP contribution is 2.38. The summed E-state index contributed by atoms with van der Waals surface area (Å²) in [4.78, 5) is 5.09. The number of aromatic nitrogens is 4. The number of hydrogen-bond acceptors (Lipinski definition) is 2. The lowest BCUT2D eigenvalue weighted by Gasteiger charge is -2.17. The van der Waals surface area contributed by atoms with Crippen LogP contribution in [0.5, 0.6) is 11.5 Å². The summed E-state index contributed by atoms with van der Waals surface area (Å²) in [5.74, 6) is 2.32. The van der Waals surface area contributed by atoms with E-state index >= 15 is 0 Å². The van der Waals surface area contributed by atoms with Crippen molar-refractivity contribution in [2.45, 2.75) is 20.3 Å². The van der Waals surface area contributed by atoms with E-state index < -0.39 is 60.4 Å². The van der Waals surface area contributed by atoms with Crippen LogP contribution < -0.4 is 9.30 Å². The van der Waals surface area contributed by atoms with Crippen molar-refractivity contribution in [2.24, 2.45) is 5.92 Å². The number of ether oxygens (including phenoxy) is 1. The summed E-state index contributed by atoms with van der Waals surface area (Å²) in [5, 5.41) is 2.12. The highest BCUT2D eigenvalue weighted by molar-refractivity contribution is 6.09. The zero-order chi connectivity index (χ0) is 51.0. The first-order valence-corrected chi connectivity index (χ1v) is 20.8. The van der Waals surface area contributed by atoms with Gasteiger partial charge in [0, 0.05) is 28.6 Å². The molecule has 0 aliphatic heterocycles. The quantitative estimate of drug-likeness (QED) is 0.102. The van der Waals surface area contributed by atoms with E-state index in [-0.39, 0.29) is 27.9 Å². The first kappa shape index (κ1) is 28.5. The fourth-order valence-electron chi connectivity index (χ4n) is 8.55. The summed E-state index contributed by atoms with van der Waals surface area (Å²) in [6.07, 6.45) is 6.30. The van der Waals surface area contributed by atoms with E-state index in [0.29, 0.717) is 34.1 Å². The van der Waals surface area contributed by atoms with Crippen LogP contribution in [-0.2, 0) is 6.42 Å². The molecular formula is C58H44N4O. The number of para-hydroxylation sites is 4. The van der Waals surface area contributed by atoms with Crippen molar-refractivity contribution in [2.75, 3.05) is 0 Å². The van der Waals surface area contributed by atoms with Gasteiger partial charge < -0.3 is 4.74 Å². The molecule has 302 valence electrons. The molecule has 0 radical (unpaired) electrons. The molecule has 0 aliphatic carbocycles. The molecule has 11 rings (SSSR count). The maximum atomic E-state index is 9.03. The molecule has 5 nitrogen and oxygen atoms in total. The van der Waals surface area contributed by atoms with Crippen LogP contribution in [0.2, 0.25) is 0 Å². The highest BCUT2D eigenvalue weighted by atomic mass is 16.5. The van der Waals surface area contributed by atoms with E-state index in [4.69, 9.17) is 23.4 Å². The number of nitrogens with zero attached hydrogens (tertiary/aromatic N) is 4. The van der Waals surface area contributed by atoms with Crippen LogP contribution in [0.15, 0.2) is 212 Å². The zero-order valence-corrected chi connectivity index (χ0v) is 34.4. The van der Waals surface area contributed by atoms with Gasteiger partial charge in [-0.15, -0.1) is 0 Å². The van der Waals surface area contributed by atoms with Crippen molar-refractivity contribution in [3.05, 3.63) is 224 Å². The lowest BCUT2D eigenvalue weighted by Crippen LogP contribution is -2.31. The summed E-state index contributed by atoms with van der Waals surface area (Å²) < 4.78 is 99.4. The third kappa shape index (κ3) is 7.04. The Kier molecular flexibility index (Phi) is 7.29. The van der Waals surface area contributed by atoms with Crippen molar-refractivity contribution >= 4 is 32.8 Å². The molecule has 3 aromatic heterocycles. The molecule has 11 aromatic rings. The molecule has 0 atom stereocenters. The topological polar surface area (TPSA) is 35.9 Å². The Morgan fingerprint density at radius 2 is 1.24 bits per heavy atom. The molecule has 8 aromatic carbocycles. The van der Waals surface area contributed by atoms with Crippen molar-refractivity contribution in [1.29, 1.82) is 0 Å². The minimum Gasteiger partial charge on any atom is -0.458 e. The molecule has 0 bridgehead atoms. The van der Waals surface area contributed by atoms with Gasteiger partial charge in [-0.3, -0.25) is 13.7 Å². The van der Waals surface area contributed by atoms with Gasteiger partial charge in [-0.1, -0.05) is 171 Å². The average Bonchev–Trinajstić information content (AvgIpc) is 3.95. The van der Waals surface area contributed by atoms with Gasteiger partial charge in [-0.25, -0.2) is 4.98 Å². The summed E-state index contributed by atoms with van der Waals surface area (Å²) in [6.45, 7) is 4.44. The number of fused-ring (bicyclic) bond motifs is 4. The van der Waals surface area contributed by atoms with E-state index in [2.05, 4.69) is 61.1 Å². The molecule has 0 saturated heterocycles. The number of pyridine rings is 1. The predicted octanol–water partition coefficient (Wildman–Crippen LogP) is 14.2. The zero-order valence-electron chi connectivity index (χ0n) is 44.4. The standard InChI is InChI=1S/C58H44N4O/c1-40(2)34-44-35-57(59-38-52(44)43-22-10-5-11-23-43)62-53-29-13-12-26-50(53)51-33-32-47(37-56(51)62)63-46-25-16-24-45(36-46)60-39-61(55-31-15-14-30-54(55)60)58-48(41-18-6-3-7-19-41)27-17-28-49(58)42-20-8-4-9-21-42/h3-33,35-38,40H,34H2,1-2H3/i3D,4D,6D,7D,8D,9D,18D,19D,20D,21D. The van der Waals surface area contributed by atoms with E-state index in [0.717, 1.165) is 45.2 Å². The van der Waals surface area contributed by atoms with Gasteiger partial charge in [0.25, 0.3) is 6.33 Å². The third-order valence-corrected chi connectivity index (χ3v) is 11.2. The number of rotatable bonds is 10. The van der Waals surface area contributed by atoms with E-state index in [1.54, 1.807) is 27.3 Å². The second kappa shape index (κ2) is 16.1. The van der Waals surface area contributed by atoms with E-state index in [9.17, 15) is 0 Å². The van der Waals surface area contributed by atoms with Crippen LogP contribution in [0, 0.1) is 12.2 Å². The van der Waals surface area contributed by atoms with E-state index in [1.165, 1.54) is 5.56 Å². The summed E-state index contributed by atoms with van der Waals surface area (Å²) >= 11 is 0. The van der Waals surface area contributed by atoms with Crippen LogP contribution in [0.1, 0.15) is 33.1 Å². The normalized spacial score (nSPS) is 13.8. The maximum absolute atomic E-state index is 9.03. The molecule has 0 fully saturated rings. The molecule has 0 saturated carbocycles. The van der Waals surface area contributed by atoms with Crippen molar-refractivity contribution < 1.29 is 23.0 Å². The first-order chi connectivity index (χ1) is 35.2. The lowest BCUT2D eigenvalue weighted by molar-refractivity contribution is -0.571. The Labute approximate surface area is 381 Å². The molecule has 5 heteroatoms. The van der Waals surface area contributed by atoms with Gasteiger partial charge in [0.05, 0.1) is 47.1 Å². The summed E-state index contributed by atoms with van der Waals surface area (Å²) in [7, 11) is 0. The second-order valence-electron chi connectivity index (χ2n) is 15.8. The Balaban J connectivity index is 1.06. The second-order valence-corrected chi connectivity index (χ2v) is 15.8. The molecule has 0 N–H and O–H groups in total. The monoisotopic (exact) mass is 822 g/mol. The van der Waals surface area contributed by atoms with Gasteiger partial charge in [0.1, 0.15) is 17.3 Å². The SMILES string of the molecule is [2H]c1c([2H])c([2H])c(-c2cccc(-c3c([2H])c([2H])c([2H])c([2H])c3[2H])c2-[n+]2[c-]n(-c3cccc(Oc4ccc5c6ccccc6n(-c6cc(CC(C)C)c(-c7ccccc7)cn6)c5c4)c3)c3ccccc32)c([2H])c1[2H]. The largest absolute Gasteiger partial charge is 0.458 e. The Bertz CT molecular complexity index is 3890. The van der Waals surface area contributed by atoms with Crippen LogP contribution >= 0.6 is 0 Å². The molecule has 63 heavy (non-hydrogen) atoms. The van der Waals surface area contributed by atoms with Crippen LogP contribution in [0.25, 0.3) is 83.4 Å². The highest BCUT2D eigenvalue weighted by Gasteiger charge is 2.21. The van der Waals surface area contributed by atoms with Gasteiger partial charge >= 0.3 is 0 Å². The molecule has 0 aliphatic rings. The predicted molar refractivity (Wildman–Crippen MR) is 257 cm³/mol. The Hall–Kier alpha value is -8.02. The summed E-state index contributed by atoms with van der Waals surface area (Å²) in [5.41, 5.74) is 7.45. The molecule has 0 unspecified atom stereocenters. The van der Waals surface area contributed by atoms with Gasteiger partial charge in [0.2, 0.25) is 0 Å². The number of hydrogen-bond donors (Lipinski definition) is 0. The fourth-order valence-corrected chi connectivity index (χ4v) is 8.55. The smallest absolute Gasteiger partial charge is 0.269 e. The van der Waals surface area contributed by atoms with Gasteiger partial charge in [-0.05, 0) is 88.2 Å². The van der Waals surface area contributed by atoms with Crippen LogP contribution in [0.4, 0.5) is 0 Å². The molecule has 0 amide bonds. The Morgan fingerprint density at radius 3 is 1.98 bits per heavy atom. The Morgan fingerprint density at radius 1 is 0.587 bits per heavy atom. The number of benzene rings is 8. The summed E-state index contributed by atoms with van der Waals surface area (Å²) in [6, 6.07) is 41.3. The maximum Gasteiger partial charge on any atom is 0.269 e. The van der Waals surface area contributed by atoms with Crippen molar-refractivity contribution in [3.8, 4) is 62.1 Å². The van der Waals surface area contributed by atoms with Crippen LogP contribution in [-0.4, -0.2) is 14.1 Å². The molecule has 3 heterocycles. The minimum atomic E-state index is -0.566. The van der Waals surface area contributed by atoms with Crippen molar-refractivity contribution in [3.63, 3.8) is 0 Å². The van der Waals surface area contributed by atoms with Crippen LogP contribution in [0.3, 0.4) is 0 Å². The molecular weight excluding hydrogens is 769 g/mol. The van der Waals surface area contributed by atoms with Crippen molar-refractivity contribution in [1.82, 2.24) is 14.1 Å². The fraction of sp³-hybridized carbons (Fsp3) is 0.0690. The lowest BCUT2D eigenvalue weighted by atomic mass is 9.95.